The van der Waals surface area contributed by atoms with Gasteiger partial charge in [0.25, 0.3) is 0 Å². The fraction of sp³-hybridized carbons (Fsp3) is 0.167. The average Bonchev–Trinajstić information content (AvgIpc) is 2.97. The number of pyridine rings is 1. The van der Waals surface area contributed by atoms with Gasteiger partial charge >= 0.3 is 0 Å². The Balaban J connectivity index is 1.52. The average molecular weight is 328 g/mol. The van der Waals surface area contributed by atoms with E-state index in [9.17, 15) is 4.39 Å². The van der Waals surface area contributed by atoms with Crippen LogP contribution < -0.4 is 10.1 Å². The van der Waals surface area contributed by atoms with Crippen molar-refractivity contribution in [3.05, 3.63) is 75.9 Å². The van der Waals surface area contributed by atoms with Crippen molar-refractivity contribution in [3.8, 4) is 11.6 Å². The molecule has 1 aromatic carbocycles. The quantitative estimate of drug-likeness (QED) is 0.714. The molecule has 0 bridgehead atoms. The van der Waals surface area contributed by atoms with Crippen molar-refractivity contribution in [2.45, 2.75) is 20.0 Å². The summed E-state index contributed by atoms with van der Waals surface area (Å²) in [7, 11) is 0. The van der Waals surface area contributed by atoms with Gasteiger partial charge in [-0.3, -0.25) is 0 Å². The van der Waals surface area contributed by atoms with Crippen LogP contribution in [0, 0.1) is 12.7 Å². The number of hydrogen-bond donors (Lipinski definition) is 1. The Bertz CT molecular complexity index is 753. The number of nitrogens with one attached hydrogen (secondary N) is 1. The van der Waals surface area contributed by atoms with Crippen LogP contribution in [0.4, 0.5) is 4.39 Å². The molecule has 23 heavy (non-hydrogen) atoms. The monoisotopic (exact) mass is 328 g/mol. The van der Waals surface area contributed by atoms with Crippen LogP contribution >= 0.6 is 11.3 Å². The molecule has 0 fully saturated rings. The standard InChI is InChI=1S/C18H17FN2OS/c1-13-8-9-23-17(13)12-20-10-14-2-7-18(21-11-14)22-16-5-3-15(19)4-6-16/h2-9,11,20H,10,12H2,1H3. The van der Waals surface area contributed by atoms with Crippen molar-refractivity contribution in [2.75, 3.05) is 0 Å². The molecule has 0 spiro atoms. The van der Waals surface area contributed by atoms with Crippen molar-refractivity contribution in [3.63, 3.8) is 0 Å². The van der Waals surface area contributed by atoms with Gasteiger partial charge in [0.05, 0.1) is 0 Å². The number of thiophene rings is 1. The lowest BCUT2D eigenvalue weighted by molar-refractivity contribution is 0.460. The van der Waals surface area contributed by atoms with Crippen LogP contribution in [-0.4, -0.2) is 4.98 Å². The fourth-order valence-electron chi connectivity index (χ4n) is 2.10. The molecular weight excluding hydrogens is 311 g/mol. The second-order valence-electron chi connectivity index (χ2n) is 5.19. The van der Waals surface area contributed by atoms with E-state index >= 15 is 0 Å². The van der Waals surface area contributed by atoms with E-state index in [0.29, 0.717) is 11.6 Å². The van der Waals surface area contributed by atoms with Crippen LogP contribution in [0.3, 0.4) is 0 Å². The van der Waals surface area contributed by atoms with Crippen molar-refractivity contribution in [1.29, 1.82) is 0 Å². The molecule has 3 aromatic rings. The normalized spacial score (nSPS) is 10.7. The third kappa shape index (κ3) is 4.37. The molecule has 0 amide bonds. The first-order chi connectivity index (χ1) is 11.2. The van der Waals surface area contributed by atoms with E-state index in [1.165, 1.54) is 22.6 Å². The third-order valence-corrected chi connectivity index (χ3v) is 4.44. The Morgan fingerprint density at radius 2 is 1.91 bits per heavy atom. The Labute approximate surface area is 138 Å². The zero-order valence-electron chi connectivity index (χ0n) is 12.8. The zero-order valence-corrected chi connectivity index (χ0v) is 13.6. The van der Waals surface area contributed by atoms with E-state index in [1.807, 2.05) is 12.1 Å². The number of nitrogens with zero attached hydrogens (tertiary/aromatic N) is 1. The lowest BCUT2D eigenvalue weighted by Gasteiger charge is -2.07. The van der Waals surface area contributed by atoms with Crippen LogP contribution in [-0.2, 0) is 13.1 Å². The maximum atomic E-state index is 12.8. The molecule has 3 nitrogen and oxygen atoms in total. The minimum absolute atomic E-state index is 0.285. The van der Waals surface area contributed by atoms with Crippen LogP contribution in [0.2, 0.25) is 0 Å². The van der Waals surface area contributed by atoms with Gasteiger partial charge in [-0.2, -0.15) is 0 Å². The Hall–Kier alpha value is -2.24. The summed E-state index contributed by atoms with van der Waals surface area (Å²) in [4.78, 5) is 5.63. The molecule has 1 N–H and O–H groups in total. The van der Waals surface area contributed by atoms with Crippen molar-refractivity contribution < 1.29 is 9.13 Å². The topological polar surface area (TPSA) is 34.1 Å². The molecule has 118 valence electrons. The molecule has 3 rings (SSSR count). The highest BCUT2D eigenvalue weighted by Gasteiger charge is 2.02. The summed E-state index contributed by atoms with van der Waals surface area (Å²) in [6, 6.07) is 11.8. The van der Waals surface area contributed by atoms with Crippen LogP contribution in [0.1, 0.15) is 16.0 Å². The number of aromatic nitrogens is 1. The van der Waals surface area contributed by atoms with Gasteiger partial charge in [0.1, 0.15) is 11.6 Å². The van der Waals surface area contributed by atoms with Crippen molar-refractivity contribution in [2.24, 2.45) is 0 Å². The molecule has 0 atom stereocenters. The number of ether oxygens (including phenoxy) is 1. The first kappa shape index (κ1) is 15.6. The SMILES string of the molecule is Cc1ccsc1CNCc1ccc(Oc2ccc(F)cc2)nc1. The molecule has 0 aliphatic heterocycles. The van der Waals surface area contributed by atoms with Gasteiger partial charge in [-0.05, 0) is 53.8 Å². The van der Waals surface area contributed by atoms with E-state index in [4.69, 9.17) is 4.74 Å². The lowest BCUT2D eigenvalue weighted by atomic mass is 10.2. The summed E-state index contributed by atoms with van der Waals surface area (Å²) >= 11 is 1.76. The number of benzene rings is 1. The third-order valence-electron chi connectivity index (χ3n) is 3.42. The van der Waals surface area contributed by atoms with E-state index in [-0.39, 0.29) is 5.82 Å². The summed E-state index contributed by atoms with van der Waals surface area (Å²) in [6.07, 6.45) is 1.78. The summed E-state index contributed by atoms with van der Waals surface area (Å²) < 4.78 is 18.4. The highest BCUT2D eigenvalue weighted by molar-refractivity contribution is 7.10. The van der Waals surface area contributed by atoms with Gasteiger partial charge < -0.3 is 10.1 Å². The molecule has 0 unspecified atom stereocenters. The molecule has 0 saturated carbocycles. The van der Waals surface area contributed by atoms with E-state index in [0.717, 1.165) is 18.7 Å². The summed E-state index contributed by atoms with van der Waals surface area (Å²) in [6.45, 7) is 3.73. The number of aryl methyl sites for hydroxylation is 1. The number of hydrogen-bond acceptors (Lipinski definition) is 4. The van der Waals surface area contributed by atoms with E-state index in [2.05, 4.69) is 28.7 Å². The molecule has 0 aliphatic rings. The van der Waals surface area contributed by atoms with Gasteiger partial charge in [-0.15, -0.1) is 11.3 Å². The van der Waals surface area contributed by atoms with Gasteiger partial charge in [0.2, 0.25) is 5.88 Å². The first-order valence-corrected chi connectivity index (χ1v) is 8.21. The van der Waals surface area contributed by atoms with Crippen LogP contribution in [0.15, 0.2) is 54.0 Å². The Kier molecular flexibility index (Phi) is 5.00. The molecule has 2 aromatic heterocycles. The second-order valence-corrected chi connectivity index (χ2v) is 6.19. The first-order valence-electron chi connectivity index (χ1n) is 7.33. The Morgan fingerprint density at radius 3 is 2.57 bits per heavy atom. The number of halogens is 1. The summed E-state index contributed by atoms with van der Waals surface area (Å²) in [5.41, 5.74) is 2.41. The summed E-state index contributed by atoms with van der Waals surface area (Å²) in [5, 5.41) is 5.51. The zero-order chi connectivity index (χ0) is 16.1. The van der Waals surface area contributed by atoms with E-state index in [1.54, 1.807) is 29.7 Å². The van der Waals surface area contributed by atoms with Gasteiger partial charge in [-0.25, -0.2) is 9.37 Å². The van der Waals surface area contributed by atoms with Gasteiger partial charge in [-0.1, -0.05) is 6.07 Å². The van der Waals surface area contributed by atoms with Crippen molar-refractivity contribution >= 4 is 11.3 Å². The van der Waals surface area contributed by atoms with E-state index < -0.39 is 0 Å². The fourth-order valence-corrected chi connectivity index (χ4v) is 2.98. The molecule has 5 heteroatoms. The minimum atomic E-state index is -0.285. The highest BCUT2D eigenvalue weighted by atomic mass is 32.1. The predicted molar refractivity (Wildman–Crippen MR) is 90.3 cm³/mol. The summed E-state index contributed by atoms with van der Waals surface area (Å²) in [5.74, 6) is 0.778. The molecule has 2 heterocycles. The number of rotatable bonds is 6. The maximum Gasteiger partial charge on any atom is 0.219 e. The maximum absolute atomic E-state index is 12.8. The highest BCUT2D eigenvalue weighted by Crippen LogP contribution is 2.19. The van der Waals surface area contributed by atoms with Gasteiger partial charge in [0, 0.05) is 30.2 Å². The largest absolute Gasteiger partial charge is 0.439 e. The molecule has 0 aliphatic carbocycles. The molecular formula is C18H17FN2OS. The predicted octanol–water partition coefficient (Wildman–Crippen LogP) is 4.67. The van der Waals surface area contributed by atoms with Gasteiger partial charge in [0.15, 0.2) is 0 Å². The van der Waals surface area contributed by atoms with Crippen LogP contribution in [0.25, 0.3) is 0 Å². The minimum Gasteiger partial charge on any atom is -0.439 e. The van der Waals surface area contributed by atoms with Crippen LogP contribution in [0.5, 0.6) is 11.6 Å². The van der Waals surface area contributed by atoms with Crippen molar-refractivity contribution in [1.82, 2.24) is 10.3 Å². The Morgan fingerprint density at radius 1 is 1.09 bits per heavy atom. The second kappa shape index (κ2) is 7.35. The lowest BCUT2D eigenvalue weighted by Crippen LogP contribution is -2.12. The smallest absolute Gasteiger partial charge is 0.219 e. The molecule has 0 radical (unpaired) electrons. The molecule has 0 saturated heterocycles.